The first-order chi connectivity index (χ1) is 10.8. The van der Waals surface area contributed by atoms with Crippen molar-refractivity contribution in [1.82, 2.24) is 10.1 Å². The van der Waals surface area contributed by atoms with E-state index in [2.05, 4.69) is 15.5 Å². The van der Waals surface area contributed by atoms with Crippen LogP contribution in [0.2, 0.25) is 0 Å². The van der Waals surface area contributed by atoms with Gasteiger partial charge in [0.2, 0.25) is 11.8 Å². The van der Waals surface area contributed by atoms with Gasteiger partial charge in [-0.3, -0.25) is 9.00 Å². The Morgan fingerprint density at radius 1 is 1.35 bits per heavy atom. The SMILES string of the molecule is CC(C)c1noc(C[S@@](=O)CC(=O)Nc2ccc(F)c(F)c2)n1. The predicted molar refractivity (Wildman–Crippen MR) is 80.1 cm³/mol. The molecule has 0 fully saturated rings. The Labute approximate surface area is 133 Å². The molecule has 0 saturated carbocycles. The monoisotopic (exact) mass is 343 g/mol. The lowest BCUT2D eigenvalue weighted by Crippen LogP contribution is -2.20. The molecule has 0 spiro atoms. The van der Waals surface area contributed by atoms with E-state index in [1.54, 1.807) is 0 Å². The molecule has 0 aliphatic carbocycles. The summed E-state index contributed by atoms with van der Waals surface area (Å²) in [5.41, 5.74) is 0.0887. The number of anilines is 1. The van der Waals surface area contributed by atoms with Gasteiger partial charge in [-0.25, -0.2) is 8.78 Å². The fourth-order valence-corrected chi connectivity index (χ4v) is 2.53. The van der Waals surface area contributed by atoms with Gasteiger partial charge in [0.1, 0.15) is 11.5 Å². The van der Waals surface area contributed by atoms with E-state index in [9.17, 15) is 17.8 Å². The van der Waals surface area contributed by atoms with Crippen LogP contribution in [0.3, 0.4) is 0 Å². The summed E-state index contributed by atoms with van der Waals surface area (Å²) in [5.74, 6) is -2.27. The highest BCUT2D eigenvalue weighted by atomic mass is 32.2. The molecular formula is C14H15F2N3O3S. The highest BCUT2D eigenvalue weighted by Gasteiger charge is 2.15. The Morgan fingerprint density at radius 3 is 2.70 bits per heavy atom. The van der Waals surface area contributed by atoms with Crippen LogP contribution >= 0.6 is 0 Å². The van der Waals surface area contributed by atoms with E-state index in [1.165, 1.54) is 6.07 Å². The summed E-state index contributed by atoms with van der Waals surface area (Å²) in [6.45, 7) is 3.78. The van der Waals surface area contributed by atoms with Gasteiger partial charge in [-0.05, 0) is 12.1 Å². The van der Waals surface area contributed by atoms with Crippen LogP contribution in [0.5, 0.6) is 0 Å². The molecule has 1 amide bonds. The van der Waals surface area contributed by atoms with Gasteiger partial charge in [0.05, 0.1) is 0 Å². The number of nitrogens with zero attached hydrogens (tertiary/aromatic N) is 2. The van der Waals surface area contributed by atoms with Crippen molar-refractivity contribution in [3.63, 3.8) is 0 Å². The highest BCUT2D eigenvalue weighted by Crippen LogP contribution is 2.13. The summed E-state index contributed by atoms with van der Waals surface area (Å²) in [6.07, 6.45) is 0. The molecule has 1 N–H and O–H groups in total. The molecule has 0 saturated heterocycles. The zero-order valence-electron chi connectivity index (χ0n) is 12.5. The number of carbonyl (C=O) groups is 1. The van der Waals surface area contributed by atoms with E-state index < -0.39 is 28.3 Å². The number of halogens is 2. The number of hydrogen-bond donors (Lipinski definition) is 1. The first kappa shape index (κ1) is 17.2. The molecule has 1 aromatic carbocycles. The zero-order valence-corrected chi connectivity index (χ0v) is 13.3. The second-order valence-corrected chi connectivity index (χ2v) is 6.56. The van der Waals surface area contributed by atoms with Crippen LogP contribution < -0.4 is 5.32 Å². The number of amides is 1. The number of rotatable bonds is 6. The van der Waals surface area contributed by atoms with Crippen molar-refractivity contribution in [2.75, 3.05) is 11.1 Å². The molecule has 9 heteroatoms. The predicted octanol–water partition coefficient (Wildman–Crippen LogP) is 2.36. The van der Waals surface area contributed by atoms with Gasteiger partial charge < -0.3 is 9.84 Å². The molecule has 2 aromatic rings. The Balaban J connectivity index is 1.88. The fraction of sp³-hybridized carbons (Fsp3) is 0.357. The van der Waals surface area contributed by atoms with Crippen molar-refractivity contribution in [1.29, 1.82) is 0 Å². The van der Waals surface area contributed by atoms with Crippen molar-refractivity contribution in [3.8, 4) is 0 Å². The number of benzene rings is 1. The molecule has 0 bridgehead atoms. The lowest BCUT2D eigenvalue weighted by molar-refractivity contribution is -0.113. The first-order valence-electron chi connectivity index (χ1n) is 6.77. The molecule has 0 unspecified atom stereocenters. The lowest BCUT2D eigenvalue weighted by atomic mass is 10.2. The minimum atomic E-state index is -1.56. The second kappa shape index (κ2) is 7.40. The van der Waals surface area contributed by atoms with Crippen LogP contribution in [-0.2, 0) is 21.3 Å². The maximum Gasteiger partial charge on any atom is 0.239 e. The molecule has 0 aliphatic heterocycles. The summed E-state index contributed by atoms with van der Waals surface area (Å²) in [7, 11) is -1.56. The van der Waals surface area contributed by atoms with Crippen LogP contribution in [0.25, 0.3) is 0 Å². The summed E-state index contributed by atoms with van der Waals surface area (Å²) in [5, 5.41) is 6.08. The van der Waals surface area contributed by atoms with Gasteiger partial charge in [0.15, 0.2) is 17.5 Å². The smallest absolute Gasteiger partial charge is 0.239 e. The quantitative estimate of drug-likeness (QED) is 0.870. The Kier molecular flexibility index (Phi) is 5.54. The van der Waals surface area contributed by atoms with E-state index in [4.69, 9.17) is 4.52 Å². The van der Waals surface area contributed by atoms with Gasteiger partial charge in [0, 0.05) is 28.5 Å². The van der Waals surface area contributed by atoms with E-state index in [0.29, 0.717) is 5.82 Å². The third kappa shape index (κ3) is 4.92. The largest absolute Gasteiger partial charge is 0.338 e. The first-order valence-corrected chi connectivity index (χ1v) is 8.26. The molecule has 6 nitrogen and oxygen atoms in total. The average Bonchev–Trinajstić information content (AvgIpc) is 2.91. The summed E-state index contributed by atoms with van der Waals surface area (Å²) in [6, 6.07) is 2.96. The number of carbonyl (C=O) groups excluding carboxylic acids is 1. The summed E-state index contributed by atoms with van der Waals surface area (Å²) >= 11 is 0. The molecule has 1 aromatic heterocycles. The third-order valence-electron chi connectivity index (χ3n) is 2.78. The Morgan fingerprint density at radius 2 is 2.09 bits per heavy atom. The molecule has 1 heterocycles. The van der Waals surface area contributed by atoms with E-state index in [-0.39, 0.29) is 29.0 Å². The van der Waals surface area contributed by atoms with Gasteiger partial charge >= 0.3 is 0 Å². The highest BCUT2D eigenvalue weighted by molar-refractivity contribution is 7.84. The van der Waals surface area contributed by atoms with Gasteiger partial charge in [-0.2, -0.15) is 4.98 Å². The van der Waals surface area contributed by atoms with E-state index in [0.717, 1.165) is 12.1 Å². The molecule has 23 heavy (non-hydrogen) atoms. The number of nitrogens with one attached hydrogen (secondary N) is 1. The topological polar surface area (TPSA) is 85.1 Å². The third-order valence-corrected chi connectivity index (χ3v) is 3.93. The fourth-order valence-electron chi connectivity index (χ4n) is 1.67. The van der Waals surface area contributed by atoms with Gasteiger partial charge in [-0.15, -0.1) is 0 Å². The molecule has 124 valence electrons. The summed E-state index contributed by atoms with van der Waals surface area (Å²) < 4.78 is 42.7. The average molecular weight is 343 g/mol. The molecular weight excluding hydrogens is 328 g/mol. The number of hydrogen-bond acceptors (Lipinski definition) is 5. The van der Waals surface area contributed by atoms with Crippen LogP contribution in [0.15, 0.2) is 22.7 Å². The van der Waals surface area contributed by atoms with Crippen molar-refractivity contribution in [3.05, 3.63) is 41.5 Å². The minimum absolute atomic E-state index is 0.0507. The maximum atomic E-state index is 13.0. The standard InChI is InChI=1S/C14H15F2N3O3S/c1-8(2)14-18-13(22-19-14)7-23(21)6-12(20)17-9-3-4-10(15)11(16)5-9/h3-5,8H,6-7H2,1-2H3,(H,17,20)/t23-/m0/s1. The molecule has 0 radical (unpaired) electrons. The van der Waals surface area contributed by atoms with Crippen LogP contribution in [-0.4, -0.2) is 26.0 Å². The molecule has 2 rings (SSSR count). The van der Waals surface area contributed by atoms with Crippen LogP contribution in [0.1, 0.15) is 31.5 Å². The van der Waals surface area contributed by atoms with Crippen LogP contribution in [0.4, 0.5) is 14.5 Å². The van der Waals surface area contributed by atoms with Crippen molar-refractivity contribution in [2.24, 2.45) is 0 Å². The maximum absolute atomic E-state index is 13.0. The zero-order chi connectivity index (χ0) is 17.0. The number of aromatic nitrogens is 2. The van der Waals surface area contributed by atoms with Crippen molar-refractivity contribution < 1.29 is 22.3 Å². The van der Waals surface area contributed by atoms with Crippen LogP contribution in [0, 0.1) is 11.6 Å². The van der Waals surface area contributed by atoms with Gasteiger partial charge in [-0.1, -0.05) is 19.0 Å². The Hall–Kier alpha value is -2.16. The second-order valence-electron chi connectivity index (χ2n) is 5.11. The van der Waals surface area contributed by atoms with Crippen molar-refractivity contribution in [2.45, 2.75) is 25.5 Å². The van der Waals surface area contributed by atoms with E-state index >= 15 is 0 Å². The van der Waals surface area contributed by atoms with Crippen molar-refractivity contribution >= 4 is 22.4 Å². The summed E-state index contributed by atoms with van der Waals surface area (Å²) in [4.78, 5) is 15.8. The lowest BCUT2D eigenvalue weighted by Gasteiger charge is -2.05. The van der Waals surface area contributed by atoms with E-state index in [1.807, 2.05) is 13.8 Å². The normalized spacial score (nSPS) is 12.4. The van der Waals surface area contributed by atoms with Gasteiger partial charge in [0.25, 0.3) is 0 Å². The molecule has 1 atom stereocenters. The minimum Gasteiger partial charge on any atom is -0.338 e. The Bertz CT molecular complexity index is 734. The molecule has 0 aliphatic rings.